The highest BCUT2D eigenvalue weighted by Gasteiger charge is 2.31. The quantitative estimate of drug-likeness (QED) is 0.872. The minimum atomic E-state index is 0.0123. The summed E-state index contributed by atoms with van der Waals surface area (Å²) in [6.07, 6.45) is 4.95. The predicted molar refractivity (Wildman–Crippen MR) is 86.8 cm³/mol. The number of hydrogen-bond acceptors (Lipinski definition) is 2. The van der Waals surface area contributed by atoms with Crippen LogP contribution in [0.5, 0.6) is 0 Å². The zero-order valence-electron chi connectivity index (χ0n) is 12.2. The smallest absolute Gasteiger partial charge is 0.238 e. The van der Waals surface area contributed by atoms with Gasteiger partial charge in [0.15, 0.2) is 0 Å². The number of anilines is 1. The summed E-state index contributed by atoms with van der Waals surface area (Å²) in [7, 11) is 0. The fourth-order valence-corrected chi connectivity index (χ4v) is 3.23. The highest BCUT2D eigenvalue weighted by atomic mass is 79.9. The van der Waals surface area contributed by atoms with Gasteiger partial charge in [0, 0.05) is 10.5 Å². The molecule has 0 spiro atoms. The topological polar surface area (TPSA) is 41.1 Å². The van der Waals surface area contributed by atoms with Crippen molar-refractivity contribution in [3.63, 3.8) is 0 Å². The Balaban J connectivity index is 1.85. The first-order valence-corrected chi connectivity index (χ1v) is 8.06. The van der Waals surface area contributed by atoms with Crippen LogP contribution in [0.4, 0.5) is 5.69 Å². The summed E-state index contributed by atoms with van der Waals surface area (Å²) in [5.41, 5.74) is 1.11. The van der Waals surface area contributed by atoms with Gasteiger partial charge in [-0.25, -0.2) is 0 Å². The van der Waals surface area contributed by atoms with Gasteiger partial charge in [-0.2, -0.15) is 0 Å². The van der Waals surface area contributed by atoms with Gasteiger partial charge in [-0.1, -0.05) is 38.8 Å². The molecule has 0 aromatic heterocycles. The van der Waals surface area contributed by atoms with Crippen LogP contribution < -0.4 is 10.6 Å². The van der Waals surface area contributed by atoms with Crippen LogP contribution in [-0.2, 0) is 4.79 Å². The molecule has 0 heterocycles. The third-order valence-corrected chi connectivity index (χ3v) is 4.86. The number of halogens is 1. The summed E-state index contributed by atoms with van der Waals surface area (Å²) < 4.78 is 0.909. The lowest BCUT2D eigenvalue weighted by Crippen LogP contribution is -2.46. The van der Waals surface area contributed by atoms with Gasteiger partial charge in [-0.05, 0) is 46.3 Å². The number of para-hydroxylation sites is 1. The van der Waals surface area contributed by atoms with E-state index in [1.165, 1.54) is 19.3 Å². The molecule has 1 amide bonds. The molecule has 1 fully saturated rings. The first-order valence-electron chi connectivity index (χ1n) is 7.27. The van der Waals surface area contributed by atoms with E-state index in [0.717, 1.165) is 16.6 Å². The van der Waals surface area contributed by atoms with Gasteiger partial charge in [0.25, 0.3) is 0 Å². The van der Waals surface area contributed by atoms with E-state index in [0.29, 0.717) is 12.6 Å². The van der Waals surface area contributed by atoms with Crippen LogP contribution in [-0.4, -0.2) is 18.5 Å². The Morgan fingerprint density at radius 3 is 2.80 bits per heavy atom. The SMILES string of the molecule is CC1(C)CCCCC1NCC(=O)Nc1ccccc1Br. The number of carbonyl (C=O) groups is 1. The molecule has 1 aromatic rings. The van der Waals surface area contributed by atoms with Crippen molar-refractivity contribution in [2.24, 2.45) is 5.41 Å². The highest BCUT2D eigenvalue weighted by molar-refractivity contribution is 9.10. The summed E-state index contributed by atoms with van der Waals surface area (Å²) >= 11 is 3.44. The van der Waals surface area contributed by atoms with Crippen molar-refractivity contribution in [2.75, 3.05) is 11.9 Å². The van der Waals surface area contributed by atoms with Gasteiger partial charge in [0.2, 0.25) is 5.91 Å². The Kier molecular flexibility index (Phi) is 5.22. The van der Waals surface area contributed by atoms with Crippen LogP contribution in [0.15, 0.2) is 28.7 Å². The van der Waals surface area contributed by atoms with Crippen LogP contribution >= 0.6 is 15.9 Å². The normalized spacial score (nSPS) is 21.4. The zero-order chi connectivity index (χ0) is 14.6. The number of rotatable bonds is 4. The molecule has 3 nitrogen and oxygen atoms in total. The predicted octanol–water partition coefficient (Wildman–Crippen LogP) is 3.95. The summed E-state index contributed by atoms with van der Waals surface area (Å²) in [5, 5.41) is 6.35. The van der Waals surface area contributed by atoms with Crippen LogP contribution in [0.25, 0.3) is 0 Å². The monoisotopic (exact) mass is 338 g/mol. The average molecular weight is 339 g/mol. The molecule has 110 valence electrons. The molecule has 1 aromatic carbocycles. The van der Waals surface area contributed by atoms with Crippen molar-refractivity contribution in [1.29, 1.82) is 0 Å². The van der Waals surface area contributed by atoms with Crippen LogP contribution in [0, 0.1) is 5.41 Å². The van der Waals surface area contributed by atoms with E-state index in [9.17, 15) is 4.79 Å². The van der Waals surface area contributed by atoms with Gasteiger partial charge in [-0.3, -0.25) is 4.79 Å². The van der Waals surface area contributed by atoms with Gasteiger partial charge < -0.3 is 10.6 Å². The number of hydrogen-bond donors (Lipinski definition) is 2. The highest BCUT2D eigenvalue weighted by Crippen LogP contribution is 2.35. The van der Waals surface area contributed by atoms with Crippen molar-refractivity contribution >= 4 is 27.5 Å². The lowest BCUT2D eigenvalue weighted by Gasteiger charge is -2.39. The maximum atomic E-state index is 12.0. The average Bonchev–Trinajstić information content (AvgIpc) is 2.40. The standard InChI is InChI=1S/C16H23BrN2O/c1-16(2)10-6-5-9-14(16)18-11-15(20)19-13-8-4-3-7-12(13)17/h3-4,7-8,14,18H,5-6,9-11H2,1-2H3,(H,19,20). The van der Waals surface area contributed by atoms with Crippen LogP contribution in [0.3, 0.4) is 0 Å². The molecule has 1 saturated carbocycles. The summed E-state index contributed by atoms with van der Waals surface area (Å²) in [6, 6.07) is 8.10. The molecular weight excluding hydrogens is 316 g/mol. The van der Waals surface area contributed by atoms with Gasteiger partial charge in [-0.15, -0.1) is 0 Å². The lowest BCUT2D eigenvalue weighted by molar-refractivity contribution is -0.115. The number of amides is 1. The molecule has 1 unspecified atom stereocenters. The largest absolute Gasteiger partial charge is 0.324 e. The van der Waals surface area contributed by atoms with Gasteiger partial charge >= 0.3 is 0 Å². The van der Waals surface area contributed by atoms with E-state index in [4.69, 9.17) is 0 Å². The molecule has 1 aliphatic rings. The third kappa shape index (κ3) is 4.06. The first-order chi connectivity index (χ1) is 9.49. The van der Waals surface area contributed by atoms with E-state index in [1.807, 2.05) is 24.3 Å². The van der Waals surface area contributed by atoms with E-state index < -0.39 is 0 Å². The van der Waals surface area contributed by atoms with E-state index in [1.54, 1.807) is 0 Å². The van der Waals surface area contributed by atoms with Crippen molar-refractivity contribution in [1.82, 2.24) is 5.32 Å². The van der Waals surface area contributed by atoms with Crippen LogP contribution in [0.2, 0.25) is 0 Å². The zero-order valence-corrected chi connectivity index (χ0v) is 13.8. The van der Waals surface area contributed by atoms with Gasteiger partial charge in [0.1, 0.15) is 0 Å². The van der Waals surface area contributed by atoms with E-state index in [-0.39, 0.29) is 11.3 Å². The van der Waals surface area contributed by atoms with Gasteiger partial charge in [0.05, 0.1) is 12.2 Å². The minimum Gasteiger partial charge on any atom is -0.324 e. The Labute approximate surface area is 129 Å². The maximum Gasteiger partial charge on any atom is 0.238 e. The Hall–Kier alpha value is -0.870. The second-order valence-corrected chi connectivity index (χ2v) is 7.05. The fourth-order valence-electron chi connectivity index (χ4n) is 2.85. The van der Waals surface area contributed by atoms with Crippen molar-refractivity contribution in [3.05, 3.63) is 28.7 Å². The molecule has 2 N–H and O–H groups in total. The number of carbonyl (C=O) groups excluding carboxylic acids is 1. The molecule has 0 bridgehead atoms. The molecule has 0 radical (unpaired) electrons. The Morgan fingerprint density at radius 2 is 2.10 bits per heavy atom. The van der Waals surface area contributed by atoms with E-state index in [2.05, 4.69) is 40.4 Å². The summed E-state index contributed by atoms with van der Waals surface area (Å²) in [5.74, 6) is 0.0123. The lowest BCUT2D eigenvalue weighted by atomic mass is 9.73. The summed E-state index contributed by atoms with van der Waals surface area (Å²) in [6.45, 7) is 4.94. The summed E-state index contributed by atoms with van der Waals surface area (Å²) in [4.78, 5) is 12.0. The van der Waals surface area contributed by atoms with Crippen molar-refractivity contribution in [2.45, 2.75) is 45.6 Å². The van der Waals surface area contributed by atoms with Crippen molar-refractivity contribution in [3.8, 4) is 0 Å². The van der Waals surface area contributed by atoms with E-state index >= 15 is 0 Å². The minimum absolute atomic E-state index is 0.0123. The molecule has 2 rings (SSSR count). The molecule has 20 heavy (non-hydrogen) atoms. The molecule has 1 aliphatic carbocycles. The first kappa shape index (κ1) is 15.5. The van der Waals surface area contributed by atoms with Crippen LogP contribution in [0.1, 0.15) is 39.5 Å². The molecule has 0 saturated heterocycles. The number of benzene rings is 1. The molecule has 4 heteroatoms. The number of nitrogens with one attached hydrogen (secondary N) is 2. The molecule has 0 aliphatic heterocycles. The Bertz CT molecular complexity index is 473. The fraction of sp³-hybridized carbons (Fsp3) is 0.562. The second kappa shape index (κ2) is 6.72. The molecular formula is C16H23BrN2O. The Morgan fingerprint density at radius 1 is 1.35 bits per heavy atom. The maximum absolute atomic E-state index is 12.0. The third-order valence-electron chi connectivity index (χ3n) is 4.16. The second-order valence-electron chi connectivity index (χ2n) is 6.20. The van der Waals surface area contributed by atoms with Crippen molar-refractivity contribution < 1.29 is 4.79 Å². The molecule has 1 atom stereocenters.